The van der Waals surface area contributed by atoms with E-state index in [0.717, 1.165) is 31.5 Å². The van der Waals surface area contributed by atoms with Crippen LogP contribution < -0.4 is 5.63 Å². The van der Waals surface area contributed by atoms with E-state index in [2.05, 4.69) is 10.00 Å². The van der Waals surface area contributed by atoms with Crippen LogP contribution in [0, 0.1) is 0 Å². The summed E-state index contributed by atoms with van der Waals surface area (Å²) < 4.78 is 7.14. The summed E-state index contributed by atoms with van der Waals surface area (Å²) in [4.78, 5) is 14.1. The van der Waals surface area contributed by atoms with Crippen LogP contribution in [-0.2, 0) is 6.54 Å². The molecule has 7 nitrogen and oxygen atoms in total. The Kier molecular flexibility index (Phi) is 3.93. The molecule has 25 heavy (non-hydrogen) atoms. The van der Waals surface area contributed by atoms with E-state index in [0.29, 0.717) is 18.0 Å². The average Bonchev–Trinajstić information content (AvgIpc) is 3.12. The summed E-state index contributed by atoms with van der Waals surface area (Å²) in [5.74, 6) is -0.521. The molecule has 2 N–H and O–H groups in total. The quantitative estimate of drug-likeness (QED) is 0.561. The minimum absolute atomic E-state index is 0.222. The van der Waals surface area contributed by atoms with Gasteiger partial charge in [0.15, 0.2) is 11.5 Å². The largest absolute Gasteiger partial charge is 0.504 e. The van der Waals surface area contributed by atoms with E-state index >= 15 is 0 Å². The van der Waals surface area contributed by atoms with Gasteiger partial charge in [0.2, 0.25) is 0 Å². The summed E-state index contributed by atoms with van der Waals surface area (Å²) >= 11 is 0. The van der Waals surface area contributed by atoms with E-state index < -0.39 is 5.63 Å². The summed E-state index contributed by atoms with van der Waals surface area (Å²) in [5.41, 5.74) is 0.613. The summed E-state index contributed by atoms with van der Waals surface area (Å²) in [6, 6.07) is 6.52. The Bertz CT molecular complexity index is 941. The molecule has 0 saturated carbocycles. The standard InChI is InChI=1S/C18H19N3O4/c22-15-9-14-12(8-18(24)25-17(14)10-16(15)23)11-20-6-2-13(3-7-20)21-5-1-4-19-21/h1,4-5,8-10,13,22-23H,2-3,6-7,11H2. The molecule has 0 aliphatic carbocycles. The van der Waals surface area contributed by atoms with E-state index in [1.54, 1.807) is 6.20 Å². The van der Waals surface area contributed by atoms with Crippen LogP contribution in [0.2, 0.25) is 0 Å². The molecule has 3 aromatic rings. The van der Waals surface area contributed by atoms with Gasteiger partial charge in [-0.05, 0) is 30.5 Å². The normalized spacial score (nSPS) is 16.5. The fourth-order valence-electron chi connectivity index (χ4n) is 3.46. The predicted octanol–water partition coefficient (Wildman–Crippen LogP) is 2.24. The van der Waals surface area contributed by atoms with Crippen molar-refractivity contribution in [2.75, 3.05) is 13.1 Å². The van der Waals surface area contributed by atoms with Gasteiger partial charge in [0.05, 0.1) is 6.04 Å². The SMILES string of the molecule is O=c1cc(CN2CCC(n3cccn3)CC2)c2cc(O)c(O)cc2o1. The van der Waals surface area contributed by atoms with Gasteiger partial charge in [0.1, 0.15) is 5.58 Å². The lowest BCUT2D eigenvalue weighted by Crippen LogP contribution is -2.34. The van der Waals surface area contributed by atoms with Crippen LogP contribution in [-0.4, -0.2) is 38.0 Å². The number of phenolic OH excluding ortho intramolecular Hbond substituents is 2. The second kappa shape index (κ2) is 6.25. The second-order valence-electron chi connectivity index (χ2n) is 6.42. The molecule has 2 aromatic heterocycles. The fraction of sp³-hybridized carbons (Fsp3) is 0.333. The average molecular weight is 341 g/mol. The van der Waals surface area contributed by atoms with Crippen molar-refractivity contribution in [2.45, 2.75) is 25.4 Å². The van der Waals surface area contributed by atoms with Crippen molar-refractivity contribution in [3.63, 3.8) is 0 Å². The molecule has 7 heteroatoms. The molecule has 0 amide bonds. The van der Waals surface area contributed by atoms with Gasteiger partial charge in [-0.2, -0.15) is 5.10 Å². The van der Waals surface area contributed by atoms with E-state index in [-0.39, 0.29) is 17.1 Å². The first kappa shape index (κ1) is 15.7. The molecule has 4 rings (SSSR count). The topological polar surface area (TPSA) is 91.7 Å². The molecule has 0 bridgehead atoms. The smallest absolute Gasteiger partial charge is 0.336 e. The van der Waals surface area contributed by atoms with Crippen molar-refractivity contribution in [3.05, 3.63) is 52.6 Å². The Morgan fingerprint density at radius 3 is 2.64 bits per heavy atom. The Hall–Kier alpha value is -2.80. The second-order valence-corrected chi connectivity index (χ2v) is 6.42. The van der Waals surface area contributed by atoms with Crippen molar-refractivity contribution in [1.82, 2.24) is 14.7 Å². The minimum Gasteiger partial charge on any atom is -0.504 e. The van der Waals surface area contributed by atoms with Crippen LogP contribution in [0.5, 0.6) is 11.5 Å². The van der Waals surface area contributed by atoms with Gasteiger partial charge in [-0.3, -0.25) is 9.58 Å². The van der Waals surface area contributed by atoms with Crippen molar-refractivity contribution in [1.29, 1.82) is 0 Å². The monoisotopic (exact) mass is 341 g/mol. The van der Waals surface area contributed by atoms with Crippen LogP contribution in [0.3, 0.4) is 0 Å². The highest BCUT2D eigenvalue weighted by molar-refractivity contribution is 5.83. The maximum absolute atomic E-state index is 11.8. The highest BCUT2D eigenvalue weighted by Gasteiger charge is 2.21. The number of hydrogen-bond acceptors (Lipinski definition) is 6. The van der Waals surface area contributed by atoms with Crippen molar-refractivity contribution >= 4 is 11.0 Å². The zero-order chi connectivity index (χ0) is 17.4. The molecular formula is C18H19N3O4. The first-order chi connectivity index (χ1) is 12.1. The van der Waals surface area contributed by atoms with Crippen LogP contribution >= 0.6 is 0 Å². The van der Waals surface area contributed by atoms with E-state index in [1.807, 2.05) is 16.9 Å². The van der Waals surface area contributed by atoms with Crippen molar-refractivity contribution in [3.8, 4) is 11.5 Å². The molecule has 1 fully saturated rings. The molecule has 0 radical (unpaired) electrons. The number of rotatable bonds is 3. The zero-order valence-electron chi connectivity index (χ0n) is 13.6. The van der Waals surface area contributed by atoms with Crippen LogP contribution in [0.25, 0.3) is 11.0 Å². The molecular weight excluding hydrogens is 322 g/mol. The summed E-state index contributed by atoms with van der Waals surface area (Å²) in [6.07, 6.45) is 5.77. The van der Waals surface area contributed by atoms with Crippen molar-refractivity contribution in [2.24, 2.45) is 0 Å². The van der Waals surface area contributed by atoms with Crippen LogP contribution in [0.15, 0.2) is 45.9 Å². The van der Waals surface area contributed by atoms with Gasteiger partial charge in [0, 0.05) is 49.5 Å². The molecule has 1 saturated heterocycles. The molecule has 0 atom stereocenters. The third kappa shape index (κ3) is 3.10. The van der Waals surface area contributed by atoms with Gasteiger partial charge in [-0.25, -0.2) is 4.79 Å². The fourth-order valence-corrected chi connectivity index (χ4v) is 3.46. The maximum Gasteiger partial charge on any atom is 0.336 e. The zero-order valence-corrected chi connectivity index (χ0v) is 13.6. The first-order valence-electron chi connectivity index (χ1n) is 8.30. The molecule has 1 aliphatic rings. The Labute approximate surface area is 143 Å². The summed E-state index contributed by atoms with van der Waals surface area (Å²) in [7, 11) is 0. The number of benzene rings is 1. The van der Waals surface area contributed by atoms with Crippen LogP contribution in [0.4, 0.5) is 0 Å². The number of hydrogen-bond donors (Lipinski definition) is 2. The van der Waals surface area contributed by atoms with E-state index in [4.69, 9.17) is 4.42 Å². The van der Waals surface area contributed by atoms with Gasteiger partial charge >= 0.3 is 5.63 Å². The molecule has 3 heterocycles. The highest BCUT2D eigenvalue weighted by Crippen LogP contribution is 2.32. The van der Waals surface area contributed by atoms with Gasteiger partial charge in [-0.15, -0.1) is 0 Å². The predicted molar refractivity (Wildman–Crippen MR) is 91.6 cm³/mol. The molecule has 0 unspecified atom stereocenters. The molecule has 1 aromatic carbocycles. The maximum atomic E-state index is 11.8. The third-order valence-electron chi connectivity index (χ3n) is 4.78. The minimum atomic E-state index is -0.459. The summed E-state index contributed by atoms with van der Waals surface area (Å²) in [6.45, 7) is 2.39. The van der Waals surface area contributed by atoms with E-state index in [1.165, 1.54) is 18.2 Å². The lowest BCUT2D eigenvalue weighted by Gasteiger charge is -2.32. The number of nitrogens with zero attached hydrogens (tertiary/aromatic N) is 3. The highest BCUT2D eigenvalue weighted by atomic mass is 16.4. The van der Waals surface area contributed by atoms with Crippen molar-refractivity contribution < 1.29 is 14.6 Å². The lowest BCUT2D eigenvalue weighted by molar-refractivity contribution is 0.173. The number of likely N-dealkylation sites (tertiary alicyclic amines) is 1. The lowest BCUT2D eigenvalue weighted by atomic mass is 10.0. The Morgan fingerprint density at radius 2 is 1.92 bits per heavy atom. The number of phenols is 2. The first-order valence-corrected chi connectivity index (χ1v) is 8.30. The van der Waals surface area contributed by atoms with E-state index in [9.17, 15) is 15.0 Å². The van der Waals surface area contributed by atoms with Gasteiger partial charge in [0.25, 0.3) is 0 Å². The summed E-state index contributed by atoms with van der Waals surface area (Å²) in [5, 5.41) is 24.3. The molecule has 0 spiro atoms. The Morgan fingerprint density at radius 1 is 1.16 bits per heavy atom. The third-order valence-corrected chi connectivity index (χ3v) is 4.78. The number of piperidine rings is 1. The van der Waals surface area contributed by atoms with Gasteiger partial charge in [-0.1, -0.05) is 0 Å². The number of aromatic hydroxyl groups is 2. The number of fused-ring (bicyclic) bond motifs is 1. The number of aromatic nitrogens is 2. The molecule has 1 aliphatic heterocycles. The Balaban J connectivity index is 1.55. The molecule has 130 valence electrons. The van der Waals surface area contributed by atoms with Crippen LogP contribution in [0.1, 0.15) is 24.4 Å². The van der Waals surface area contributed by atoms with Gasteiger partial charge < -0.3 is 14.6 Å².